The number of fused-ring (bicyclic) bond motifs is 1. The molecule has 106 valence electrons. The summed E-state index contributed by atoms with van der Waals surface area (Å²) in [6, 6.07) is 0. The van der Waals surface area contributed by atoms with Crippen molar-refractivity contribution in [3.63, 3.8) is 0 Å². The fourth-order valence-electron chi connectivity index (χ4n) is 2.49. The molecule has 3 rings (SSSR count). The van der Waals surface area contributed by atoms with Crippen molar-refractivity contribution in [1.29, 1.82) is 0 Å². The largest absolute Gasteiger partial charge is 0.307 e. The highest BCUT2D eigenvalue weighted by Gasteiger charge is 2.18. The van der Waals surface area contributed by atoms with Gasteiger partial charge in [0.2, 0.25) is 0 Å². The first kappa shape index (κ1) is 13.2. The highest BCUT2D eigenvalue weighted by Crippen LogP contribution is 2.22. The van der Waals surface area contributed by atoms with Crippen LogP contribution in [-0.4, -0.2) is 29.1 Å². The molecule has 0 amide bonds. The summed E-state index contributed by atoms with van der Waals surface area (Å²) >= 11 is 6.05. The summed E-state index contributed by atoms with van der Waals surface area (Å²) in [7, 11) is 1.91. The number of hydrogen-bond acceptors (Lipinski definition) is 3. The van der Waals surface area contributed by atoms with Gasteiger partial charge in [0.1, 0.15) is 11.3 Å². The number of aryl methyl sites for hydroxylation is 3. The Kier molecular flexibility index (Phi) is 3.25. The smallest absolute Gasteiger partial charge is 0.159 e. The fourth-order valence-corrected chi connectivity index (χ4v) is 2.70. The van der Waals surface area contributed by atoms with Crippen LogP contribution in [0.4, 0.5) is 0 Å². The van der Waals surface area contributed by atoms with Gasteiger partial charge in [0.25, 0.3) is 0 Å². The molecule has 0 aliphatic rings. The van der Waals surface area contributed by atoms with Crippen LogP contribution in [0.5, 0.6) is 0 Å². The van der Waals surface area contributed by atoms with Crippen LogP contribution < -0.4 is 0 Å². The summed E-state index contributed by atoms with van der Waals surface area (Å²) in [5.41, 5.74) is 4.04. The third kappa shape index (κ3) is 2.00. The average molecular weight is 293 g/mol. The van der Waals surface area contributed by atoms with Crippen LogP contribution in [0.2, 0.25) is 0 Å². The van der Waals surface area contributed by atoms with E-state index in [1.807, 2.05) is 31.0 Å². The maximum absolute atomic E-state index is 6.05. The molecule has 0 N–H and O–H groups in total. The van der Waals surface area contributed by atoms with Crippen molar-refractivity contribution in [2.75, 3.05) is 0 Å². The Morgan fingerprint density at radius 2 is 2.15 bits per heavy atom. The monoisotopic (exact) mass is 292 g/mol. The molecule has 0 atom stereocenters. The van der Waals surface area contributed by atoms with Crippen molar-refractivity contribution in [1.82, 2.24) is 29.1 Å². The second kappa shape index (κ2) is 4.94. The number of aromatic nitrogens is 6. The molecular formula is C13H17ClN6. The number of imidazole rings is 1. The average Bonchev–Trinajstić information content (AvgIpc) is 3.08. The van der Waals surface area contributed by atoms with Gasteiger partial charge in [-0.25, -0.2) is 9.67 Å². The molecule has 3 aromatic heterocycles. The summed E-state index contributed by atoms with van der Waals surface area (Å²) in [6.45, 7) is 5.57. The van der Waals surface area contributed by atoms with Crippen LogP contribution >= 0.6 is 11.6 Å². The zero-order chi connectivity index (χ0) is 14.3. The van der Waals surface area contributed by atoms with Crippen LogP contribution in [0.25, 0.3) is 11.2 Å². The molecule has 0 radical (unpaired) electrons. The third-order valence-electron chi connectivity index (χ3n) is 3.40. The van der Waals surface area contributed by atoms with Gasteiger partial charge >= 0.3 is 0 Å². The van der Waals surface area contributed by atoms with Gasteiger partial charge in [0, 0.05) is 25.4 Å². The highest BCUT2D eigenvalue weighted by molar-refractivity contribution is 6.16. The van der Waals surface area contributed by atoms with E-state index >= 15 is 0 Å². The third-order valence-corrected chi connectivity index (χ3v) is 3.63. The van der Waals surface area contributed by atoms with Crippen LogP contribution in [0.15, 0.2) is 12.4 Å². The fraction of sp³-hybridized carbons (Fsp3) is 0.462. The van der Waals surface area contributed by atoms with Gasteiger partial charge in [-0.05, 0) is 13.8 Å². The standard InChI is InChI=1S/C13H17ClN6/c1-4-20-13-12(9(2)17-20)16-11(5-14)19(13)8-10-6-15-18(3)7-10/h6-7H,4-5,8H2,1-3H3. The molecule has 0 saturated heterocycles. The summed E-state index contributed by atoms with van der Waals surface area (Å²) in [6.07, 6.45) is 3.87. The van der Waals surface area contributed by atoms with Crippen LogP contribution in [-0.2, 0) is 26.0 Å². The van der Waals surface area contributed by atoms with Crippen LogP contribution in [0, 0.1) is 6.92 Å². The molecular weight excluding hydrogens is 276 g/mol. The van der Waals surface area contributed by atoms with E-state index in [4.69, 9.17) is 11.6 Å². The minimum absolute atomic E-state index is 0.387. The molecule has 0 saturated carbocycles. The Morgan fingerprint density at radius 3 is 2.75 bits per heavy atom. The second-order valence-corrected chi connectivity index (χ2v) is 5.11. The topological polar surface area (TPSA) is 53.5 Å². The van der Waals surface area contributed by atoms with Gasteiger partial charge < -0.3 is 4.57 Å². The lowest BCUT2D eigenvalue weighted by Gasteiger charge is -2.07. The van der Waals surface area contributed by atoms with E-state index in [9.17, 15) is 0 Å². The number of rotatable bonds is 4. The second-order valence-electron chi connectivity index (χ2n) is 4.84. The Bertz CT molecular complexity index is 750. The van der Waals surface area contributed by atoms with Gasteiger partial charge in [0.05, 0.1) is 24.3 Å². The number of alkyl halides is 1. The van der Waals surface area contributed by atoms with Gasteiger partial charge in [-0.2, -0.15) is 10.2 Å². The first-order chi connectivity index (χ1) is 9.63. The van der Waals surface area contributed by atoms with E-state index in [0.717, 1.165) is 34.8 Å². The maximum atomic E-state index is 6.05. The van der Waals surface area contributed by atoms with E-state index in [-0.39, 0.29) is 0 Å². The first-order valence-electron chi connectivity index (χ1n) is 6.60. The quantitative estimate of drug-likeness (QED) is 0.692. The predicted octanol–water partition coefficient (Wildman–Crippen LogP) is 2.08. The lowest BCUT2D eigenvalue weighted by Crippen LogP contribution is -2.08. The molecule has 6 nitrogen and oxygen atoms in total. The molecule has 20 heavy (non-hydrogen) atoms. The predicted molar refractivity (Wildman–Crippen MR) is 77.8 cm³/mol. The molecule has 0 unspecified atom stereocenters. The molecule has 0 aliphatic carbocycles. The zero-order valence-corrected chi connectivity index (χ0v) is 12.6. The Hall–Kier alpha value is -1.82. The molecule has 3 aromatic rings. The van der Waals surface area contributed by atoms with E-state index < -0.39 is 0 Å². The molecule has 0 bridgehead atoms. The Balaban J connectivity index is 2.16. The Morgan fingerprint density at radius 1 is 1.35 bits per heavy atom. The molecule has 0 aliphatic heterocycles. The molecule has 7 heteroatoms. The van der Waals surface area contributed by atoms with Gasteiger partial charge in [0.15, 0.2) is 5.65 Å². The molecule has 3 heterocycles. The maximum Gasteiger partial charge on any atom is 0.159 e. The minimum Gasteiger partial charge on any atom is -0.307 e. The van der Waals surface area contributed by atoms with Crippen molar-refractivity contribution in [3.05, 3.63) is 29.5 Å². The van der Waals surface area contributed by atoms with Crippen molar-refractivity contribution in [3.8, 4) is 0 Å². The minimum atomic E-state index is 0.387. The van der Waals surface area contributed by atoms with E-state index in [1.54, 1.807) is 4.68 Å². The van der Waals surface area contributed by atoms with Gasteiger partial charge in [-0.1, -0.05) is 0 Å². The highest BCUT2D eigenvalue weighted by atomic mass is 35.5. The van der Waals surface area contributed by atoms with Crippen LogP contribution in [0.1, 0.15) is 24.0 Å². The molecule has 0 spiro atoms. The summed E-state index contributed by atoms with van der Waals surface area (Å²) in [5.74, 6) is 1.26. The van der Waals surface area contributed by atoms with Gasteiger partial charge in [-0.15, -0.1) is 11.6 Å². The number of hydrogen-bond donors (Lipinski definition) is 0. The lowest BCUT2D eigenvalue weighted by atomic mass is 10.3. The van der Waals surface area contributed by atoms with Crippen molar-refractivity contribution < 1.29 is 0 Å². The first-order valence-corrected chi connectivity index (χ1v) is 7.13. The Labute approximate surface area is 122 Å². The van der Waals surface area contributed by atoms with Crippen molar-refractivity contribution in [2.45, 2.75) is 32.8 Å². The summed E-state index contributed by atoms with van der Waals surface area (Å²) < 4.78 is 5.90. The molecule has 0 fully saturated rings. The van der Waals surface area contributed by atoms with E-state index in [1.165, 1.54) is 0 Å². The summed E-state index contributed by atoms with van der Waals surface area (Å²) in [4.78, 5) is 4.62. The lowest BCUT2D eigenvalue weighted by molar-refractivity contribution is 0.639. The molecule has 0 aromatic carbocycles. The van der Waals surface area contributed by atoms with E-state index in [0.29, 0.717) is 12.4 Å². The number of nitrogens with zero attached hydrogens (tertiary/aromatic N) is 6. The van der Waals surface area contributed by atoms with Crippen LogP contribution in [0.3, 0.4) is 0 Å². The van der Waals surface area contributed by atoms with E-state index in [2.05, 4.69) is 26.7 Å². The van der Waals surface area contributed by atoms with Gasteiger partial charge in [-0.3, -0.25) is 4.68 Å². The normalized spacial score (nSPS) is 11.6. The summed E-state index contributed by atoms with van der Waals surface area (Å²) in [5, 5.41) is 8.73. The zero-order valence-electron chi connectivity index (χ0n) is 11.8. The SMILES string of the molecule is CCn1nc(C)c2nc(CCl)n(Cc3cnn(C)c3)c21. The van der Waals surface area contributed by atoms with Crippen molar-refractivity contribution >= 4 is 22.8 Å². The van der Waals surface area contributed by atoms with Crippen molar-refractivity contribution in [2.24, 2.45) is 7.05 Å². The number of halogens is 1.